The molecule has 1 aromatic carbocycles. The molecule has 5 heteroatoms. The topological polar surface area (TPSA) is 50.4 Å². The van der Waals surface area contributed by atoms with Gasteiger partial charge in [-0.1, -0.05) is 26.8 Å². The third-order valence-electron chi connectivity index (χ3n) is 2.89. The number of carbonyl (C=O) groups is 1. The number of hydrogen-bond acceptors (Lipinski definition) is 2. The summed E-state index contributed by atoms with van der Waals surface area (Å²) in [6.45, 7) is 7.70. The maximum atomic E-state index is 11.0. The molecule has 4 nitrogen and oxygen atoms in total. The summed E-state index contributed by atoms with van der Waals surface area (Å²) in [5, 5.41) is 5.23. The smallest absolute Gasteiger partial charge is 0.314 e. The maximum Gasteiger partial charge on any atom is 0.314 e. The molecule has 0 saturated carbocycles. The predicted octanol–water partition coefficient (Wildman–Crippen LogP) is 3.44. The molecule has 1 aromatic rings. The molecule has 2 amide bonds. The van der Waals surface area contributed by atoms with E-state index < -0.39 is 0 Å². The Hall–Kier alpha value is -1.23. The Labute approximate surface area is 129 Å². The highest BCUT2D eigenvalue weighted by molar-refractivity contribution is 9.10. The predicted molar refractivity (Wildman–Crippen MR) is 85.4 cm³/mol. The summed E-state index contributed by atoms with van der Waals surface area (Å²) >= 11 is 3.54. The number of halogens is 1. The van der Waals surface area contributed by atoms with E-state index in [4.69, 9.17) is 4.74 Å². The molecule has 2 N–H and O–H groups in total. The van der Waals surface area contributed by atoms with E-state index in [9.17, 15) is 4.79 Å². The van der Waals surface area contributed by atoms with Gasteiger partial charge in [-0.3, -0.25) is 0 Å². The van der Waals surface area contributed by atoms with Crippen LogP contribution in [0.5, 0.6) is 5.75 Å². The van der Waals surface area contributed by atoms with Crippen molar-refractivity contribution < 1.29 is 9.53 Å². The van der Waals surface area contributed by atoms with E-state index in [0.717, 1.165) is 16.6 Å². The number of hydrogen-bond donors (Lipinski definition) is 2. The monoisotopic (exact) mass is 342 g/mol. The highest BCUT2D eigenvalue weighted by Gasteiger charge is 2.15. The van der Waals surface area contributed by atoms with Crippen LogP contribution < -0.4 is 15.4 Å². The van der Waals surface area contributed by atoms with Crippen molar-refractivity contribution >= 4 is 22.0 Å². The summed E-state index contributed by atoms with van der Waals surface area (Å²) in [5.41, 5.74) is 1.39. The van der Waals surface area contributed by atoms with Crippen molar-refractivity contribution in [2.24, 2.45) is 0 Å². The van der Waals surface area contributed by atoms with Crippen LogP contribution in [0, 0.1) is 0 Å². The Bertz CT molecular complexity index is 456. The second-order valence-corrected chi connectivity index (χ2v) is 6.46. The van der Waals surface area contributed by atoms with Gasteiger partial charge in [0.15, 0.2) is 0 Å². The van der Waals surface area contributed by atoms with Crippen LogP contribution in [0.1, 0.15) is 32.8 Å². The number of ether oxygens (including phenoxy) is 1. The molecular weight excluding hydrogens is 320 g/mol. The lowest BCUT2D eigenvalue weighted by atomic mass is 9.87. The van der Waals surface area contributed by atoms with Crippen LogP contribution in [-0.2, 0) is 5.41 Å². The minimum Gasteiger partial charge on any atom is -0.492 e. The first-order chi connectivity index (χ1) is 9.34. The summed E-state index contributed by atoms with van der Waals surface area (Å²) in [4.78, 5) is 11.0. The molecule has 1 rings (SSSR count). The van der Waals surface area contributed by atoms with E-state index in [-0.39, 0.29) is 11.4 Å². The van der Waals surface area contributed by atoms with Gasteiger partial charge in [0.05, 0.1) is 11.1 Å². The summed E-state index contributed by atoms with van der Waals surface area (Å²) in [6.07, 6.45) is 0.765. The first kappa shape index (κ1) is 16.8. The third-order valence-corrected chi connectivity index (χ3v) is 3.51. The van der Waals surface area contributed by atoms with Crippen LogP contribution in [0.4, 0.5) is 4.79 Å². The summed E-state index contributed by atoms with van der Waals surface area (Å²) in [6, 6.07) is 6.00. The van der Waals surface area contributed by atoms with Gasteiger partial charge in [0.25, 0.3) is 0 Å². The van der Waals surface area contributed by atoms with E-state index in [2.05, 4.69) is 59.5 Å². The molecule has 0 saturated heterocycles. The Morgan fingerprint density at radius 3 is 2.60 bits per heavy atom. The zero-order chi connectivity index (χ0) is 15.2. The summed E-state index contributed by atoms with van der Waals surface area (Å²) in [7, 11) is 1.60. The average Bonchev–Trinajstić information content (AvgIpc) is 2.38. The van der Waals surface area contributed by atoms with Crippen LogP contribution in [0.2, 0.25) is 0 Å². The summed E-state index contributed by atoms with van der Waals surface area (Å²) < 4.78 is 6.66. The fourth-order valence-electron chi connectivity index (χ4n) is 1.63. The van der Waals surface area contributed by atoms with Crippen molar-refractivity contribution in [3.63, 3.8) is 0 Å². The van der Waals surface area contributed by atoms with Crippen molar-refractivity contribution in [1.29, 1.82) is 0 Å². The van der Waals surface area contributed by atoms with Crippen LogP contribution in [-0.4, -0.2) is 26.2 Å². The molecule has 0 aliphatic rings. The van der Waals surface area contributed by atoms with Crippen LogP contribution >= 0.6 is 15.9 Å². The van der Waals surface area contributed by atoms with Crippen molar-refractivity contribution in [1.82, 2.24) is 10.6 Å². The molecule has 0 fully saturated rings. The third kappa shape index (κ3) is 5.41. The zero-order valence-electron chi connectivity index (χ0n) is 12.5. The minimum absolute atomic E-state index is 0.123. The number of rotatable bonds is 5. The first-order valence-corrected chi connectivity index (χ1v) is 7.52. The maximum absolute atomic E-state index is 11.0. The van der Waals surface area contributed by atoms with Crippen molar-refractivity contribution in [3.05, 3.63) is 28.2 Å². The number of nitrogens with one attached hydrogen (secondary N) is 2. The van der Waals surface area contributed by atoms with Gasteiger partial charge in [-0.05, 0) is 45.5 Å². The quantitative estimate of drug-likeness (QED) is 0.805. The van der Waals surface area contributed by atoms with Crippen molar-refractivity contribution in [2.75, 3.05) is 20.2 Å². The lowest BCUT2D eigenvalue weighted by molar-refractivity contribution is 0.241. The standard InChI is InChI=1S/C15H23BrN2O2/c1-15(2,3)11-6-7-13(12(16)10-11)20-9-5-8-18-14(19)17-4/h6-7,10H,5,8-9H2,1-4H3,(H2,17,18,19). The Morgan fingerprint density at radius 2 is 2.05 bits per heavy atom. The van der Waals surface area contributed by atoms with Crippen LogP contribution in [0.3, 0.4) is 0 Å². The molecule has 0 radical (unpaired) electrons. The van der Waals surface area contributed by atoms with Gasteiger partial charge in [0.2, 0.25) is 0 Å². The molecule has 0 bridgehead atoms. The van der Waals surface area contributed by atoms with Crippen LogP contribution in [0.25, 0.3) is 0 Å². The van der Waals surface area contributed by atoms with E-state index >= 15 is 0 Å². The molecule has 0 spiro atoms. The average molecular weight is 343 g/mol. The fraction of sp³-hybridized carbons (Fsp3) is 0.533. The van der Waals surface area contributed by atoms with Crippen LogP contribution in [0.15, 0.2) is 22.7 Å². The molecular formula is C15H23BrN2O2. The lowest BCUT2D eigenvalue weighted by Crippen LogP contribution is -2.33. The van der Waals surface area contributed by atoms with Gasteiger partial charge in [-0.25, -0.2) is 4.79 Å². The molecule has 0 aliphatic heterocycles. The van der Waals surface area contributed by atoms with Gasteiger partial charge < -0.3 is 15.4 Å². The molecule has 0 heterocycles. The molecule has 0 unspecified atom stereocenters. The Kier molecular flexibility index (Phi) is 6.33. The second kappa shape index (κ2) is 7.53. The van der Waals surface area contributed by atoms with Gasteiger partial charge in [0.1, 0.15) is 5.75 Å². The lowest BCUT2D eigenvalue weighted by Gasteiger charge is -2.20. The molecule has 0 aliphatic carbocycles. The van der Waals surface area contributed by atoms with Gasteiger partial charge in [0, 0.05) is 13.6 Å². The van der Waals surface area contributed by atoms with E-state index in [0.29, 0.717) is 13.2 Å². The SMILES string of the molecule is CNC(=O)NCCCOc1ccc(C(C)(C)C)cc1Br. The highest BCUT2D eigenvalue weighted by Crippen LogP contribution is 2.31. The van der Waals surface area contributed by atoms with Gasteiger partial charge in [-0.2, -0.15) is 0 Å². The normalized spacial score (nSPS) is 11.1. The molecule has 0 atom stereocenters. The first-order valence-electron chi connectivity index (χ1n) is 6.73. The van der Waals surface area contributed by atoms with Gasteiger partial charge >= 0.3 is 6.03 Å². The fourth-order valence-corrected chi connectivity index (χ4v) is 2.12. The van der Waals surface area contributed by atoms with Crippen molar-refractivity contribution in [3.8, 4) is 5.75 Å². The summed E-state index contributed by atoms with van der Waals surface area (Å²) in [5.74, 6) is 0.831. The Morgan fingerprint density at radius 1 is 1.35 bits per heavy atom. The Balaban J connectivity index is 2.43. The molecule has 0 aromatic heterocycles. The van der Waals surface area contributed by atoms with Gasteiger partial charge in [-0.15, -0.1) is 0 Å². The highest BCUT2D eigenvalue weighted by atomic mass is 79.9. The van der Waals surface area contributed by atoms with E-state index in [1.165, 1.54) is 5.56 Å². The zero-order valence-corrected chi connectivity index (χ0v) is 14.1. The minimum atomic E-state index is -0.166. The number of amides is 2. The molecule has 20 heavy (non-hydrogen) atoms. The number of urea groups is 1. The van der Waals surface area contributed by atoms with Crippen molar-refractivity contribution in [2.45, 2.75) is 32.6 Å². The number of carbonyl (C=O) groups excluding carboxylic acids is 1. The van der Waals surface area contributed by atoms with E-state index in [1.807, 2.05) is 6.07 Å². The largest absolute Gasteiger partial charge is 0.492 e. The molecule has 112 valence electrons. The second-order valence-electron chi connectivity index (χ2n) is 5.60. The number of benzene rings is 1. The van der Waals surface area contributed by atoms with E-state index in [1.54, 1.807) is 7.05 Å².